The Balaban J connectivity index is 2.00. The number of rotatable bonds is 3. The van der Waals surface area contributed by atoms with Crippen LogP contribution in [0.2, 0.25) is 0 Å². The van der Waals surface area contributed by atoms with E-state index < -0.39 is 46.7 Å². The molecule has 1 amide bonds. The lowest BCUT2D eigenvalue weighted by molar-refractivity contribution is -0.140. The fraction of sp³-hybridized carbons (Fsp3) is 0.211. The molecule has 3 aromatic rings. The van der Waals surface area contributed by atoms with Crippen molar-refractivity contribution < 1.29 is 31.1 Å². The Labute approximate surface area is 164 Å². The number of amides is 1. The van der Waals surface area contributed by atoms with Crippen LogP contribution in [0.5, 0.6) is 0 Å². The molecule has 0 spiro atoms. The van der Waals surface area contributed by atoms with Crippen LogP contribution in [0.25, 0.3) is 10.8 Å². The summed E-state index contributed by atoms with van der Waals surface area (Å²) < 4.78 is 79.1. The van der Waals surface area contributed by atoms with E-state index in [0.29, 0.717) is 18.2 Å². The van der Waals surface area contributed by atoms with Gasteiger partial charge in [0.25, 0.3) is 11.5 Å². The first-order valence-corrected chi connectivity index (χ1v) is 8.43. The molecule has 0 aliphatic heterocycles. The lowest BCUT2D eigenvalue weighted by Crippen LogP contribution is -2.31. The van der Waals surface area contributed by atoms with Crippen LogP contribution in [0, 0.1) is 17.5 Å². The van der Waals surface area contributed by atoms with Gasteiger partial charge in [0.2, 0.25) is 0 Å². The minimum atomic E-state index is -4.91. The number of benzene rings is 2. The van der Waals surface area contributed by atoms with Crippen molar-refractivity contribution in [3.63, 3.8) is 0 Å². The number of H-pyrrole nitrogens is 1. The molecule has 1 atom stereocenters. The normalized spacial score (nSPS) is 12.8. The third-order valence-corrected chi connectivity index (χ3v) is 4.68. The largest absolute Gasteiger partial charge is 0.419 e. The average molecular weight is 429 g/mol. The Bertz CT molecular complexity index is 1210. The second kappa shape index (κ2) is 7.47. The van der Waals surface area contributed by atoms with E-state index in [2.05, 4.69) is 10.2 Å². The third kappa shape index (κ3) is 3.74. The molecule has 158 valence electrons. The molecule has 0 aliphatic rings. The molecule has 30 heavy (non-hydrogen) atoms. The van der Waals surface area contributed by atoms with Crippen LogP contribution in [0.15, 0.2) is 35.1 Å². The number of carbonyl (C=O) groups excluding carboxylic acids is 1. The Kier molecular flexibility index (Phi) is 5.31. The molecule has 11 heteroatoms. The molecule has 5 nitrogen and oxygen atoms in total. The fourth-order valence-electron chi connectivity index (χ4n) is 2.94. The van der Waals surface area contributed by atoms with Crippen molar-refractivity contribution in [1.82, 2.24) is 15.1 Å². The number of carbonyl (C=O) groups is 1. The Hall–Kier alpha value is -3.37. The number of aromatic nitrogens is 2. The molecule has 1 heterocycles. The van der Waals surface area contributed by atoms with Crippen molar-refractivity contribution in [2.24, 2.45) is 0 Å². The quantitative estimate of drug-likeness (QED) is 0.635. The Morgan fingerprint density at radius 1 is 1.03 bits per heavy atom. The highest BCUT2D eigenvalue weighted by Crippen LogP contribution is 2.32. The summed E-state index contributed by atoms with van der Waals surface area (Å²) in [5, 5.41) is 5.66. The van der Waals surface area contributed by atoms with E-state index in [1.165, 1.54) is 14.0 Å². The standard InChI is InChI=1S/C19H13F6N3O2/c1-8(16-10-6-14(21)15(22)7-11(10)17(29)27-26-16)28(2)18(30)9-3-4-12(13(20)5-9)19(23,24)25/h3-8H,1-2H3,(H,27,29)/t8-/m0/s1. The van der Waals surface area contributed by atoms with E-state index in [9.17, 15) is 35.9 Å². The predicted molar refractivity (Wildman–Crippen MR) is 94.2 cm³/mol. The van der Waals surface area contributed by atoms with Gasteiger partial charge in [0, 0.05) is 18.0 Å². The predicted octanol–water partition coefficient (Wildman–Crippen LogP) is 4.19. The number of hydrogen-bond acceptors (Lipinski definition) is 3. The second-order valence-corrected chi connectivity index (χ2v) is 6.53. The van der Waals surface area contributed by atoms with Crippen LogP contribution in [0.1, 0.15) is 34.6 Å². The van der Waals surface area contributed by atoms with Gasteiger partial charge >= 0.3 is 6.18 Å². The molecule has 0 radical (unpaired) electrons. The smallest absolute Gasteiger partial charge is 0.333 e. The highest BCUT2D eigenvalue weighted by Gasteiger charge is 2.34. The van der Waals surface area contributed by atoms with E-state index >= 15 is 0 Å². The van der Waals surface area contributed by atoms with Gasteiger partial charge in [-0.1, -0.05) is 0 Å². The average Bonchev–Trinajstić information content (AvgIpc) is 2.67. The van der Waals surface area contributed by atoms with Crippen LogP contribution in [-0.4, -0.2) is 28.1 Å². The first-order valence-electron chi connectivity index (χ1n) is 8.43. The summed E-state index contributed by atoms with van der Waals surface area (Å²) in [7, 11) is 1.26. The molecule has 0 unspecified atom stereocenters. The van der Waals surface area contributed by atoms with Crippen LogP contribution in [0.4, 0.5) is 26.3 Å². The lowest BCUT2D eigenvalue weighted by atomic mass is 10.0. The maximum Gasteiger partial charge on any atom is 0.419 e. The molecule has 0 fully saturated rings. The molecule has 1 aromatic heterocycles. The van der Waals surface area contributed by atoms with Crippen molar-refractivity contribution in [3.8, 4) is 0 Å². The first-order chi connectivity index (χ1) is 13.9. The van der Waals surface area contributed by atoms with Gasteiger partial charge in [0.15, 0.2) is 11.6 Å². The number of fused-ring (bicyclic) bond motifs is 1. The molecule has 3 rings (SSSR count). The minimum Gasteiger partial charge on any atom is -0.333 e. The van der Waals surface area contributed by atoms with E-state index in [1.54, 1.807) is 0 Å². The maximum atomic E-state index is 13.8. The topological polar surface area (TPSA) is 66.1 Å². The monoisotopic (exact) mass is 429 g/mol. The number of nitrogens with one attached hydrogen (secondary N) is 1. The van der Waals surface area contributed by atoms with Gasteiger partial charge in [-0.25, -0.2) is 18.3 Å². The summed E-state index contributed by atoms with van der Waals surface area (Å²) in [4.78, 5) is 25.5. The van der Waals surface area contributed by atoms with Crippen molar-refractivity contribution >= 4 is 16.7 Å². The fourth-order valence-corrected chi connectivity index (χ4v) is 2.94. The number of halogens is 6. The Morgan fingerprint density at radius 2 is 1.63 bits per heavy atom. The minimum absolute atomic E-state index is 0.00623. The highest BCUT2D eigenvalue weighted by molar-refractivity contribution is 5.95. The van der Waals surface area contributed by atoms with Crippen LogP contribution in [-0.2, 0) is 6.18 Å². The second-order valence-electron chi connectivity index (χ2n) is 6.53. The molecular weight excluding hydrogens is 416 g/mol. The van der Waals surface area contributed by atoms with Gasteiger partial charge in [0.1, 0.15) is 5.82 Å². The summed E-state index contributed by atoms with van der Waals surface area (Å²) in [5.41, 5.74) is -2.65. The molecular formula is C19H13F6N3O2. The maximum absolute atomic E-state index is 13.8. The van der Waals surface area contributed by atoms with E-state index in [0.717, 1.165) is 17.0 Å². The molecule has 2 aromatic carbocycles. The Morgan fingerprint density at radius 3 is 2.20 bits per heavy atom. The van der Waals surface area contributed by atoms with Crippen molar-refractivity contribution in [3.05, 3.63) is 75.0 Å². The van der Waals surface area contributed by atoms with Crippen molar-refractivity contribution in [2.75, 3.05) is 7.05 Å². The molecule has 0 aliphatic carbocycles. The van der Waals surface area contributed by atoms with Gasteiger partial charge in [0.05, 0.1) is 22.7 Å². The molecule has 0 bridgehead atoms. The lowest BCUT2D eigenvalue weighted by Gasteiger charge is -2.25. The van der Waals surface area contributed by atoms with E-state index in [1.807, 2.05) is 0 Å². The third-order valence-electron chi connectivity index (χ3n) is 4.68. The van der Waals surface area contributed by atoms with E-state index in [4.69, 9.17) is 0 Å². The van der Waals surface area contributed by atoms with Crippen molar-refractivity contribution in [2.45, 2.75) is 19.1 Å². The number of alkyl halides is 3. The van der Waals surface area contributed by atoms with Crippen LogP contribution >= 0.6 is 0 Å². The zero-order valence-corrected chi connectivity index (χ0v) is 15.4. The summed E-state index contributed by atoms with van der Waals surface area (Å²) >= 11 is 0. The molecule has 1 N–H and O–H groups in total. The van der Waals surface area contributed by atoms with E-state index in [-0.39, 0.29) is 22.0 Å². The van der Waals surface area contributed by atoms with Crippen LogP contribution in [0.3, 0.4) is 0 Å². The van der Waals surface area contributed by atoms with Crippen LogP contribution < -0.4 is 5.56 Å². The SMILES string of the molecule is C[C@@H](c1n[nH]c(=O)c2cc(F)c(F)cc12)N(C)C(=O)c1ccc(C(F)(F)F)c(F)c1. The number of nitrogens with zero attached hydrogens (tertiary/aromatic N) is 2. The number of aromatic amines is 1. The van der Waals surface area contributed by atoms with Gasteiger partial charge in [-0.3, -0.25) is 9.59 Å². The van der Waals surface area contributed by atoms with Gasteiger partial charge < -0.3 is 4.90 Å². The summed E-state index contributed by atoms with van der Waals surface area (Å²) in [5.74, 6) is -4.94. The first kappa shape index (κ1) is 21.3. The molecule has 0 saturated heterocycles. The van der Waals surface area contributed by atoms with Crippen molar-refractivity contribution in [1.29, 1.82) is 0 Å². The highest BCUT2D eigenvalue weighted by atomic mass is 19.4. The number of hydrogen-bond donors (Lipinski definition) is 1. The van der Waals surface area contributed by atoms with Gasteiger partial charge in [-0.15, -0.1) is 0 Å². The van der Waals surface area contributed by atoms with Gasteiger partial charge in [-0.2, -0.15) is 18.3 Å². The van der Waals surface area contributed by atoms with Gasteiger partial charge in [-0.05, 0) is 37.3 Å². The summed E-state index contributed by atoms with van der Waals surface area (Å²) in [6, 6.07) is 2.25. The zero-order chi connectivity index (χ0) is 22.4. The summed E-state index contributed by atoms with van der Waals surface area (Å²) in [6.45, 7) is 1.44. The molecule has 0 saturated carbocycles. The summed E-state index contributed by atoms with van der Waals surface area (Å²) in [6.07, 6.45) is -4.91. The zero-order valence-electron chi connectivity index (χ0n) is 15.4.